The summed E-state index contributed by atoms with van der Waals surface area (Å²) in [6.45, 7) is 3.06. The third-order valence-electron chi connectivity index (χ3n) is 6.55. The highest BCUT2D eigenvalue weighted by molar-refractivity contribution is 6.51. The molecule has 182 valence electrons. The smallest absolute Gasteiger partial charge is 0.300 e. The van der Waals surface area contributed by atoms with Gasteiger partial charge in [0.25, 0.3) is 11.7 Å². The van der Waals surface area contributed by atoms with Crippen LogP contribution in [0.4, 0.5) is 5.69 Å². The van der Waals surface area contributed by atoms with Gasteiger partial charge in [-0.1, -0.05) is 12.1 Å². The van der Waals surface area contributed by atoms with Gasteiger partial charge in [0.05, 0.1) is 24.8 Å². The lowest BCUT2D eigenvalue weighted by Crippen LogP contribution is -2.29. The topological polar surface area (TPSA) is 94.5 Å². The van der Waals surface area contributed by atoms with Crippen molar-refractivity contribution in [1.82, 2.24) is 0 Å². The molecule has 8 nitrogen and oxygen atoms in total. The van der Waals surface area contributed by atoms with Gasteiger partial charge < -0.3 is 24.1 Å². The van der Waals surface area contributed by atoms with Crippen LogP contribution in [0.3, 0.4) is 0 Å². The zero-order chi connectivity index (χ0) is 24.8. The minimum absolute atomic E-state index is 0.0145. The second-order valence-corrected chi connectivity index (χ2v) is 8.63. The van der Waals surface area contributed by atoms with Crippen molar-refractivity contribution in [1.29, 1.82) is 0 Å². The quantitative estimate of drug-likeness (QED) is 0.326. The molecule has 1 amide bonds. The van der Waals surface area contributed by atoms with E-state index in [1.807, 2.05) is 6.92 Å². The summed E-state index contributed by atoms with van der Waals surface area (Å²) in [6.07, 6.45) is 0.713. The Hall–Kier alpha value is -4.46. The highest BCUT2D eigenvalue weighted by Crippen LogP contribution is 2.45. The second-order valence-electron chi connectivity index (χ2n) is 8.63. The molecule has 0 spiro atoms. The number of ether oxygens (including phenoxy) is 4. The Morgan fingerprint density at radius 1 is 0.972 bits per heavy atom. The molecule has 1 fully saturated rings. The van der Waals surface area contributed by atoms with Crippen LogP contribution in [0.2, 0.25) is 0 Å². The molecule has 6 rings (SSSR count). The molecule has 1 unspecified atom stereocenters. The minimum atomic E-state index is -0.856. The lowest BCUT2D eigenvalue weighted by molar-refractivity contribution is -0.132. The number of Topliss-reactive ketones (excluding diaryl/α,β-unsaturated/α-hetero) is 1. The number of fused-ring (bicyclic) bond motifs is 2. The molecule has 0 saturated carbocycles. The maximum Gasteiger partial charge on any atom is 0.300 e. The van der Waals surface area contributed by atoms with Gasteiger partial charge in [-0.25, -0.2) is 0 Å². The van der Waals surface area contributed by atoms with E-state index in [-0.39, 0.29) is 18.1 Å². The summed E-state index contributed by atoms with van der Waals surface area (Å²) in [5, 5.41) is 11.4. The number of carbonyl (C=O) groups is 2. The Balaban J connectivity index is 1.50. The first kappa shape index (κ1) is 22.0. The van der Waals surface area contributed by atoms with E-state index in [4.69, 9.17) is 18.9 Å². The van der Waals surface area contributed by atoms with Gasteiger partial charge in [0.1, 0.15) is 17.3 Å². The van der Waals surface area contributed by atoms with Crippen molar-refractivity contribution >= 4 is 23.1 Å². The summed E-state index contributed by atoms with van der Waals surface area (Å²) in [5.74, 6) is 0.742. The zero-order valence-corrected chi connectivity index (χ0v) is 19.5. The van der Waals surface area contributed by atoms with Gasteiger partial charge in [-0.3, -0.25) is 14.5 Å². The number of carbonyl (C=O) groups excluding carboxylic acids is 2. The van der Waals surface area contributed by atoms with Gasteiger partial charge in [0.15, 0.2) is 11.5 Å². The third kappa shape index (κ3) is 3.53. The molecule has 3 aliphatic heterocycles. The number of rotatable bonds is 5. The van der Waals surface area contributed by atoms with E-state index >= 15 is 0 Å². The first-order valence-corrected chi connectivity index (χ1v) is 11.7. The van der Waals surface area contributed by atoms with Crippen LogP contribution in [0.1, 0.15) is 29.7 Å². The summed E-state index contributed by atoms with van der Waals surface area (Å²) >= 11 is 0. The Kier molecular flexibility index (Phi) is 5.29. The van der Waals surface area contributed by atoms with Crippen molar-refractivity contribution in [2.75, 3.05) is 24.9 Å². The highest BCUT2D eigenvalue weighted by atomic mass is 16.7. The Morgan fingerprint density at radius 2 is 1.75 bits per heavy atom. The predicted octanol–water partition coefficient (Wildman–Crippen LogP) is 4.38. The summed E-state index contributed by atoms with van der Waals surface area (Å²) < 4.78 is 22.0. The van der Waals surface area contributed by atoms with E-state index in [9.17, 15) is 14.7 Å². The number of hydrogen-bond donors (Lipinski definition) is 1. The molecular formula is C28H23NO7. The van der Waals surface area contributed by atoms with Gasteiger partial charge in [-0.15, -0.1) is 0 Å². The molecule has 1 N–H and O–H groups in total. The molecule has 3 heterocycles. The molecule has 1 saturated heterocycles. The molecule has 36 heavy (non-hydrogen) atoms. The molecule has 0 radical (unpaired) electrons. The monoisotopic (exact) mass is 485 g/mol. The molecule has 3 aliphatic rings. The van der Waals surface area contributed by atoms with Crippen LogP contribution in [-0.4, -0.2) is 36.8 Å². The molecule has 0 aliphatic carbocycles. The second kappa shape index (κ2) is 8.64. The van der Waals surface area contributed by atoms with Crippen molar-refractivity contribution < 1.29 is 33.6 Å². The van der Waals surface area contributed by atoms with Gasteiger partial charge in [0, 0.05) is 23.7 Å². The number of anilines is 1. The number of nitrogens with zero attached hydrogens (tertiary/aromatic N) is 1. The first-order valence-electron chi connectivity index (χ1n) is 11.7. The lowest BCUT2D eigenvalue weighted by atomic mass is 9.94. The number of aliphatic hydroxyl groups excluding tert-OH is 1. The molecule has 8 heteroatoms. The van der Waals surface area contributed by atoms with Crippen molar-refractivity contribution in [2.24, 2.45) is 0 Å². The highest BCUT2D eigenvalue weighted by Gasteiger charge is 2.47. The van der Waals surface area contributed by atoms with Crippen LogP contribution in [0.15, 0.2) is 66.2 Å². The maximum atomic E-state index is 13.4. The fraction of sp³-hybridized carbons (Fsp3) is 0.214. The fourth-order valence-corrected chi connectivity index (χ4v) is 4.85. The minimum Gasteiger partial charge on any atom is -0.507 e. The Morgan fingerprint density at radius 3 is 2.56 bits per heavy atom. The molecule has 1 atom stereocenters. The normalized spacial score (nSPS) is 19.4. The zero-order valence-electron chi connectivity index (χ0n) is 19.5. The Labute approximate surface area is 207 Å². The van der Waals surface area contributed by atoms with Gasteiger partial charge in [-0.05, 0) is 60.5 Å². The van der Waals surface area contributed by atoms with E-state index in [0.29, 0.717) is 53.7 Å². The molecular weight excluding hydrogens is 462 g/mol. The standard InChI is InChI=1S/C28H23NO7/c1-2-33-20-7-3-16(4-8-20)25-24(26(30)18-5-9-21-17(13-18)11-12-34-21)27(31)28(32)29(25)19-6-10-22-23(14-19)36-15-35-22/h3-10,13-14,25,30H,2,11-12,15H2,1H3/b26-24+. The molecule has 0 bridgehead atoms. The average Bonchev–Trinajstić information content (AvgIpc) is 3.62. The largest absolute Gasteiger partial charge is 0.507 e. The summed E-state index contributed by atoms with van der Waals surface area (Å²) in [6, 6.07) is 16.7. The van der Waals surface area contributed by atoms with E-state index in [1.54, 1.807) is 60.7 Å². The molecule has 3 aromatic carbocycles. The first-order chi connectivity index (χ1) is 17.5. The SMILES string of the molecule is CCOc1ccc(C2/C(=C(\O)c3ccc4c(c3)CCO4)C(=O)C(=O)N2c2ccc3c(c2)OCO3)cc1. The number of amides is 1. The molecule has 3 aromatic rings. The van der Waals surface area contributed by atoms with Gasteiger partial charge in [-0.2, -0.15) is 0 Å². The van der Waals surface area contributed by atoms with Crippen molar-refractivity contribution in [2.45, 2.75) is 19.4 Å². The van der Waals surface area contributed by atoms with Crippen molar-refractivity contribution in [3.63, 3.8) is 0 Å². The number of benzene rings is 3. The number of aliphatic hydroxyl groups is 1. The van der Waals surface area contributed by atoms with Crippen LogP contribution >= 0.6 is 0 Å². The van der Waals surface area contributed by atoms with E-state index in [2.05, 4.69) is 0 Å². The predicted molar refractivity (Wildman–Crippen MR) is 131 cm³/mol. The number of ketones is 1. The summed E-state index contributed by atoms with van der Waals surface area (Å²) in [4.78, 5) is 28.2. The Bertz CT molecular complexity index is 1410. The van der Waals surface area contributed by atoms with Crippen molar-refractivity contribution in [3.8, 4) is 23.0 Å². The van der Waals surface area contributed by atoms with Crippen LogP contribution in [0, 0.1) is 0 Å². The van der Waals surface area contributed by atoms with Crippen molar-refractivity contribution in [3.05, 3.63) is 82.9 Å². The van der Waals surface area contributed by atoms with E-state index < -0.39 is 17.7 Å². The van der Waals surface area contributed by atoms with Gasteiger partial charge >= 0.3 is 0 Å². The summed E-state index contributed by atoms with van der Waals surface area (Å²) in [5.41, 5.74) is 2.53. The third-order valence-corrected chi connectivity index (χ3v) is 6.55. The average molecular weight is 485 g/mol. The summed E-state index contributed by atoms with van der Waals surface area (Å²) in [7, 11) is 0. The van der Waals surface area contributed by atoms with Crippen LogP contribution in [0.25, 0.3) is 5.76 Å². The van der Waals surface area contributed by atoms with E-state index in [0.717, 1.165) is 11.3 Å². The van der Waals surface area contributed by atoms with Crippen LogP contribution < -0.4 is 23.8 Å². The van der Waals surface area contributed by atoms with Gasteiger partial charge in [0.2, 0.25) is 6.79 Å². The number of hydrogen-bond acceptors (Lipinski definition) is 7. The lowest BCUT2D eigenvalue weighted by Gasteiger charge is -2.25. The maximum absolute atomic E-state index is 13.4. The van der Waals surface area contributed by atoms with E-state index in [1.165, 1.54) is 4.90 Å². The fourth-order valence-electron chi connectivity index (χ4n) is 4.85. The van der Waals surface area contributed by atoms with Crippen LogP contribution in [-0.2, 0) is 16.0 Å². The van der Waals surface area contributed by atoms with Crippen LogP contribution in [0.5, 0.6) is 23.0 Å². The molecule has 0 aromatic heterocycles.